The molecule has 1 atom stereocenters. The molecule has 8 aromatic carbocycles. The van der Waals surface area contributed by atoms with Crippen molar-refractivity contribution < 1.29 is 4.39 Å². The van der Waals surface area contributed by atoms with E-state index < -0.39 is 14.2 Å². The lowest BCUT2D eigenvalue weighted by atomic mass is 9.99. The number of hydrogen-bond donors (Lipinski definition) is 0. The molecule has 300 valence electrons. The Kier molecular flexibility index (Phi) is 8.59. The average molecular weight is 830 g/mol. The molecule has 3 aromatic heterocycles. The summed E-state index contributed by atoms with van der Waals surface area (Å²) in [6.45, 7) is 0. The van der Waals surface area contributed by atoms with Gasteiger partial charge in [0.1, 0.15) is 11.6 Å². The first-order chi connectivity index (χ1) is 31.1. The Morgan fingerprint density at radius 3 is 1.90 bits per heavy atom. The number of anilines is 3. The highest BCUT2D eigenvalue weighted by Crippen LogP contribution is 2.45. The molecule has 0 aliphatic carbocycles. The Morgan fingerprint density at radius 2 is 1.16 bits per heavy atom. The molecule has 63 heavy (non-hydrogen) atoms. The molecule has 1 aliphatic rings. The summed E-state index contributed by atoms with van der Waals surface area (Å²) in [5.74, 6) is 1.65. The van der Waals surface area contributed by atoms with Crippen LogP contribution in [-0.4, -0.2) is 27.2 Å². The zero-order chi connectivity index (χ0) is 42.1. The minimum Gasteiger partial charge on any atom is -0.327 e. The molecule has 0 amide bonds. The van der Waals surface area contributed by atoms with Crippen molar-refractivity contribution in [1.29, 1.82) is 0 Å². The Labute approximate surface area is 365 Å². The van der Waals surface area contributed by atoms with Gasteiger partial charge in [-0.15, -0.1) is 0 Å². The van der Waals surface area contributed by atoms with Crippen molar-refractivity contribution in [1.82, 2.24) is 19.1 Å². The Bertz CT molecular complexity index is 3470. The topological polar surface area (TPSA) is 38.9 Å². The zero-order valence-electron chi connectivity index (χ0n) is 34.5. The van der Waals surface area contributed by atoms with Crippen LogP contribution in [0.25, 0.3) is 49.9 Å². The van der Waals surface area contributed by atoms with Gasteiger partial charge < -0.3 is 9.13 Å². The summed E-state index contributed by atoms with van der Waals surface area (Å²) in [6.07, 6.45) is 0.494. The predicted octanol–water partition coefficient (Wildman–Crippen LogP) is 11.0. The molecule has 0 N–H and O–H groups in total. The average Bonchev–Trinajstić information content (AvgIpc) is 3.88. The summed E-state index contributed by atoms with van der Waals surface area (Å²) in [4.78, 5) is 12.6. The molecule has 0 saturated heterocycles. The summed E-state index contributed by atoms with van der Waals surface area (Å²) < 4.78 is 21.9. The second-order valence-electron chi connectivity index (χ2n) is 16.3. The maximum absolute atomic E-state index is 17.4. The number of imidazole rings is 1. The number of aromatic nitrogens is 4. The maximum atomic E-state index is 17.4. The Balaban J connectivity index is 1.13. The first-order valence-corrected chi connectivity index (χ1v) is 23.4. The maximum Gasteiger partial charge on any atom is 0.186 e. The van der Waals surface area contributed by atoms with Crippen LogP contribution in [0.1, 0.15) is 17.3 Å². The number of pyridine rings is 1. The Morgan fingerprint density at radius 1 is 0.524 bits per heavy atom. The summed E-state index contributed by atoms with van der Waals surface area (Å²) in [7, 11) is -1.07. The number of fused-ring (bicyclic) bond motifs is 7. The highest BCUT2D eigenvalue weighted by atomic mass is 28.3. The van der Waals surface area contributed by atoms with Crippen LogP contribution in [0, 0.1) is 0 Å². The number of benzene rings is 8. The normalized spacial score (nSPS) is 13.6. The van der Waals surface area contributed by atoms with Crippen LogP contribution in [0.3, 0.4) is 0 Å². The number of nitrogens with zero attached hydrogens (tertiary/aromatic N) is 5. The molecule has 4 heterocycles. The number of rotatable bonds is 7. The van der Waals surface area contributed by atoms with Gasteiger partial charge in [0.2, 0.25) is 0 Å². The van der Waals surface area contributed by atoms with Crippen molar-refractivity contribution in [2.24, 2.45) is 7.05 Å². The summed E-state index contributed by atoms with van der Waals surface area (Å²) >= 11 is 0. The number of aryl methyl sites for hydroxylation is 1. The van der Waals surface area contributed by atoms with E-state index in [9.17, 15) is 0 Å². The highest BCUT2D eigenvalue weighted by molar-refractivity contribution is 7.21. The van der Waals surface area contributed by atoms with Crippen molar-refractivity contribution in [2.75, 3.05) is 4.90 Å². The molecular formula is C56H40FN5Si. The van der Waals surface area contributed by atoms with E-state index in [0.29, 0.717) is 11.1 Å². The van der Waals surface area contributed by atoms with Gasteiger partial charge in [-0.3, -0.25) is 4.90 Å². The van der Waals surface area contributed by atoms with Gasteiger partial charge in [0, 0.05) is 41.0 Å². The van der Waals surface area contributed by atoms with Gasteiger partial charge >= 0.3 is 0 Å². The van der Waals surface area contributed by atoms with Gasteiger partial charge in [-0.2, -0.15) is 0 Å². The second-order valence-corrected chi connectivity index (χ2v) is 20.0. The lowest BCUT2D eigenvalue weighted by molar-refractivity contribution is 0.402. The zero-order valence-corrected chi connectivity index (χ0v) is 35.5. The third kappa shape index (κ3) is 5.60. The summed E-state index contributed by atoms with van der Waals surface area (Å²) in [6, 6.07) is 74.2. The van der Waals surface area contributed by atoms with Crippen molar-refractivity contribution >= 4 is 78.9 Å². The smallest absolute Gasteiger partial charge is 0.186 e. The number of alkyl halides is 1. The van der Waals surface area contributed by atoms with E-state index in [2.05, 4.69) is 166 Å². The van der Waals surface area contributed by atoms with Crippen LogP contribution in [0.2, 0.25) is 0 Å². The van der Waals surface area contributed by atoms with Crippen molar-refractivity contribution in [2.45, 2.75) is 6.17 Å². The molecule has 0 bridgehead atoms. The van der Waals surface area contributed by atoms with Crippen molar-refractivity contribution in [3.8, 4) is 17.1 Å². The van der Waals surface area contributed by atoms with Crippen molar-refractivity contribution in [3.63, 3.8) is 0 Å². The summed E-state index contributed by atoms with van der Waals surface area (Å²) in [5.41, 5.74) is 9.09. The van der Waals surface area contributed by atoms with Gasteiger partial charge in [-0.05, 0) is 86.5 Å². The highest BCUT2D eigenvalue weighted by Gasteiger charge is 2.50. The van der Waals surface area contributed by atoms with Gasteiger partial charge in [0.25, 0.3) is 0 Å². The van der Waals surface area contributed by atoms with Gasteiger partial charge in [-0.25, -0.2) is 14.4 Å². The van der Waals surface area contributed by atoms with Crippen LogP contribution in [-0.2, 0) is 7.05 Å². The molecule has 0 fully saturated rings. The minimum absolute atomic E-state index is 0.560. The molecule has 5 nitrogen and oxygen atoms in total. The van der Waals surface area contributed by atoms with Gasteiger partial charge in [-0.1, -0.05) is 158 Å². The van der Waals surface area contributed by atoms with E-state index in [-0.39, 0.29) is 0 Å². The van der Waals surface area contributed by atoms with Crippen LogP contribution < -0.4 is 25.6 Å². The number of para-hydroxylation sites is 4. The van der Waals surface area contributed by atoms with E-state index in [0.717, 1.165) is 67.1 Å². The van der Waals surface area contributed by atoms with Crippen LogP contribution in [0.4, 0.5) is 21.6 Å². The summed E-state index contributed by atoms with van der Waals surface area (Å²) in [5, 5.41) is 7.26. The molecule has 0 radical (unpaired) electrons. The fourth-order valence-corrected chi connectivity index (χ4v) is 15.2. The molecule has 0 spiro atoms. The molecule has 1 aliphatic heterocycles. The number of halogens is 1. The van der Waals surface area contributed by atoms with E-state index >= 15 is 4.39 Å². The SMILES string of the molecule is Cn1c(-c2cccc(C(F)c3cccc(N4c5ncccc5[Si](c5ccccc5)(c5ccccc5)c5ccc6c7ccccc7n(-c7ccccc7)c6c54)c3)c2)nc2ccccc21. The molecule has 0 saturated carbocycles. The minimum atomic E-state index is -3.08. The third-order valence-electron chi connectivity index (χ3n) is 12.9. The molecular weight excluding hydrogens is 790 g/mol. The fourth-order valence-electron chi connectivity index (χ4n) is 10.2. The molecule has 7 heteroatoms. The standard InChI is InChI=1S/C56H40FN5Si/c1-60-49-31-14-12-29-47(49)59-55(60)40-20-15-18-38(36-40)52(57)39-19-16-23-42(37-39)62-54-50(34-33-46-45-28-11-13-30-48(45)61(53(46)54)41-21-5-2-6-22-41)63(43-24-7-3-8-25-43,44-26-9-4-10-27-44)51-32-17-35-58-56(51)62/h2-37,52H,1H3. The van der Waals surface area contributed by atoms with Crippen LogP contribution in [0.5, 0.6) is 0 Å². The lowest BCUT2D eigenvalue weighted by Gasteiger charge is -2.44. The first-order valence-electron chi connectivity index (χ1n) is 21.4. The van der Waals surface area contributed by atoms with Gasteiger partial charge in [0.05, 0.1) is 27.8 Å². The predicted molar refractivity (Wildman–Crippen MR) is 260 cm³/mol. The first kappa shape index (κ1) is 36.9. The Hall–Kier alpha value is -7.87. The van der Waals surface area contributed by atoms with E-state index in [4.69, 9.17) is 9.97 Å². The van der Waals surface area contributed by atoms with E-state index in [1.165, 1.54) is 20.7 Å². The van der Waals surface area contributed by atoms with Crippen LogP contribution in [0.15, 0.2) is 219 Å². The van der Waals surface area contributed by atoms with Crippen molar-refractivity contribution in [3.05, 3.63) is 230 Å². The molecule has 1 unspecified atom stereocenters. The van der Waals surface area contributed by atoms with E-state index in [1.807, 2.05) is 73.9 Å². The van der Waals surface area contributed by atoms with Gasteiger partial charge in [0.15, 0.2) is 14.2 Å². The molecule has 12 rings (SSSR count). The third-order valence-corrected chi connectivity index (χ3v) is 17.7. The largest absolute Gasteiger partial charge is 0.327 e. The molecule has 11 aromatic rings. The second kappa shape index (κ2) is 14.6. The number of hydrogen-bond acceptors (Lipinski definition) is 3. The lowest BCUT2D eigenvalue weighted by Crippen LogP contribution is -2.77. The monoisotopic (exact) mass is 829 g/mol. The fraction of sp³-hybridized carbons (Fsp3) is 0.0357. The van der Waals surface area contributed by atoms with E-state index in [1.54, 1.807) is 0 Å². The van der Waals surface area contributed by atoms with Crippen LogP contribution >= 0.6 is 0 Å². The quantitative estimate of drug-likeness (QED) is 0.150.